The van der Waals surface area contributed by atoms with E-state index in [1.165, 1.54) is 6.92 Å². The van der Waals surface area contributed by atoms with E-state index in [9.17, 15) is 14.4 Å². The number of rotatable bonds is 2. The van der Waals surface area contributed by atoms with E-state index in [1.807, 2.05) is 30.3 Å². The van der Waals surface area contributed by atoms with E-state index in [-0.39, 0.29) is 24.3 Å². The number of para-hydroxylation sites is 1. The molecular weight excluding hydrogens is 356 g/mol. The molecule has 0 saturated carbocycles. The fourth-order valence-corrected chi connectivity index (χ4v) is 4.20. The van der Waals surface area contributed by atoms with Gasteiger partial charge in [-0.2, -0.15) is 0 Å². The van der Waals surface area contributed by atoms with Gasteiger partial charge in [0.05, 0.1) is 17.6 Å². The standard InChI is InChI=1S/C21H22N4O3/c1-16(26)25-13-19(27)24(18-7-3-2-4-8-18)15-21(25)9-11-23(14-21)20(28)17-6-5-10-22-12-17/h2-8,10,12H,9,11,13-15H2,1H3/t21-/m1/s1. The van der Waals surface area contributed by atoms with Crippen LogP contribution in [0.5, 0.6) is 0 Å². The number of piperazine rings is 1. The number of pyridine rings is 1. The van der Waals surface area contributed by atoms with Crippen LogP contribution in [0.25, 0.3) is 0 Å². The molecule has 3 amide bonds. The molecule has 2 fully saturated rings. The van der Waals surface area contributed by atoms with Gasteiger partial charge in [-0.15, -0.1) is 0 Å². The largest absolute Gasteiger partial charge is 0.336 e. The molecule has 2 aromatic rings. The lowest BCUT2D eigenvalue weighted by molar-refractivity contribution is -0.142. The first kappa shape index (κ1) is 18.2. The molecule has 7 heteroatoms. The van der Waals surface area contributed by atoms with Crippen LogP contribution >= 0.6 is 0 Å². The zero-order valence-corrected chi connectivity index (χ0v) is 15.7. The Morgan fingerprint density at radius 3 is 2.54 bits per heavy atom. The van der Waals surface area contributed by atoms with E-state index in [1.54, 1.807) is 39.2 Å². The molecule has 2 aliphatic heterocycles. The maximum atomic E-state index is 12.9. The summed E-state index contributed by atoms with van der Waals surface area (Å²) in [5.41, 5.74) is 0.765. The summed E-state index contributed by atoms with van der Waals surface area (Å²) >= 11 is 0. The minimum absolute atomic E-state index is 0.0269. The lowest BCUT2D eigenvalue weighted by atomic mass is 9.91. The van der Waals surface area contributed by atoms with Crippen LogP contribution < -0.4 is 4.90 Å². The van der Waals surface area contributed by atoms with Gasteiger partial charge in [-0.3, -0.25) is 19.4 Å². The number of hydrogen-bond acceptors (Lipinski definition) is 4. The SMILES string of the molecule is CC(=O)N1CC(=O)N(c2ccccc2)C[C@]12CCN(C(=O)c1cccnc1)C2. The smallest absolute Gasteiger partial charge is 0.255 e. The molecule has 7 nitrogen and oxygen atoms in total. The lowest BCUT2D eigenvalue weighted by Crippen LogP contribution is -2.67. The highest BCUT2D eigenvalue weighted by molar-refractivity contribution is 5.99. The number of likely N-dealkylation sites (tertiary alicyclic amines) is 1. The molecular formula is C21H22N4O3. The molecule has 3 heterocycles. The molecule has 4 rings (SSSR count). The first-order chi connectivity index (χ1) is 13.5. The maximum absolute atomic E-state index is 12.9. The number of carbonyl (C=O) groups is 3. The topological polar surface area (TPSA) is 73.8 Å². The molecule has 1 spiro atoms. The highest BCUT2D eigenvalue weighted by Crippen LogP contribution is 2.35. The summed E-state index contributed by atoms with van der Waals surface area (Å²) in [6.45, 7) is 2.83. The Hall–Kier alpha value is -3.22. The van der Waals surface area contributed by atoms with Crippen molar-refractivity contribution in [2.45, 2.75) is 18.9 Å². The Kier molecular flexibility index (Phi) is 4.58. The van der Waals surface area contributed by atoms with Gasteiger partial charge < -0.3 is 14.7 Å². The summed E-state index contributed by atoms with van der Waals surface area (Å²) < 4.78 is 0. The van der Waals surface area contributed by atoms with Gasteiger partial charge in [-0.1, -0.05) is 18.2 Å². The van der Waals surface area contributed by atoms with Crippen molar-refractivity contribution in [1.29, 1.82) is 0 Å². The van der Waals surface area contributed by atoms with Crippen LogP contribution in [-0.2, 0) is 9.59 Å². The fourth-order valence-electron chi connectivity index (χ4n) is 4.20. The third-order valence-electron chi connectivity index (χ3n) is 5.60. The van der Waals surface area contributed by atoms with Crippen molar-refractivity contribution in [3.05, 3.63) is 60.4 Å². The Labute approximate surface area is 163 Å². The van der Waals surface area contributed by atoms with Crippen molar-refractivity contribution >= 4 is 23.4 Å². The summed E-state index contributed by atoms with van der Waals surface area (Å²) in [6.07, 6.45) is 3.82. The summed E-state index contributed by atoms with van der Waals surface area (Å²) in [7, 11) is 0. The Morgan fingerprint density at radius 2 is 1.86 bits per heavy atom. The number of aromatic nitrogens is 1. The van der Waals surface area contributed by atoms with Crippen molar-refractivity contribution in [3.63, 3.8) is 0 Å². The van der Waals surface area contributed by atoms with Crippen LogP contribution in [0.3, 0.4) is 0 Å². The molecule has 2 aliphatic rings. The third kappa shape index (κ3) is 3.13. The van der Waals surface area contributed by atoms with Crippen LogP contribution in [-0.4, -0.2) is 64.2 Å². The van der Waals surface area contributed by atoms with Crippen molar-refractivity contribution in [2.24, 2.45) is 0 Å². The summed E-state index contributed by atoms with van der Waals surface area (Å²) in [6, 6.07) is 12.9. The van der Waals surface area contributed by atoms with Crippen LogP contribution in [0.2, 0.25) is 0 Å². The number of amides is 3. The van der Waals surface area contributed by atoms with Crippen LogP contribution in [0.1, 0.15) is 23.7 Å². The van der Waals surface area contributed by atoms with Gasteiger partial charge in [0.25, 0.3) is 5.91 Å². The predicted octanol–water partition coefficient (Wildman–Crippen LogP) is 1.56. The van der Waals surface area contributed by atoms with Gasteiger partial charge >= 0.3 is 0 Å². The molecule has 1 atom stereocenters. The van der Waals surface area contributed by atoms with Gasteiger partial charge in [0.2, 0.25) is 11.8 Å². The second kappa shape index (κ2) is 7.07. The summed E-state index contributed by atoms with van der Waals surface area (Å²) in [5, 5.41) is 0. The van der Waals surface area contributed by atoms with Crippen molar-refractivity contribution in [1.82, 2.24) is 14.8 Å². The molecule has 28 heavy (non-hydrogen) atoms. The number of nitrogens with zero attached hydrogens (tertiary/aromatic N) is 4. The molecule has 144 valence electrons. The summed E-state index contributed by atoms with van der Waals surface area (Å²) in [4.78, 5) is 47.1. The monoisotopic (exact) mass is 378 g/mol. The van der Waals surface area contributed by atoms with E-state index in [0.717, 1.165) is 5.69 Å². The first-order valence-corrected chi connectivity index (χ1v) is 9.33. The van der Waals surface area contributed by atoms with Gasteiger partial charge in [0.15, 0.2) is 0 Å². The number of anilines is 1. The zero-order valence-electron chi connectivity index (χ0n) is 15.7. The molecule has 0 bridgehead atoms. The lowest BCUT2D eigenvalue weighted by Gasteiger charge is -2.48. The highest BCUT2D eigenvalue weighted by Gasteiger charge is 2.51. The normalized spacial score (nSPS) is 22.0. The summed E-state index contributed by atoms with van der Waals surface area (Å²) in [5.74, 6) is -0.350. The highest BCUT2D eigenvalue weighted by atomic mass is 16.2. The fraction of sp³-hybridized carbons (Fsp3) is 0.333. The number of carbonyl (C=O) groups excluding carboxylic acids is 3. The van der Waals surface area contributed by atoms with Crippen LogP contribution in [0, 0.1) is 0 Å². The molecule has 0 aliphatic carbocycles. The second-order valence-corrected chi connectivity index (χ2v) is 7.36. The average Bonchev–Trinajstić information content (AvgIpc) is 3.14. The molecule has 0 unspecified atom stereocenters. The predicted molar refractivity (Wildman–Crippen MR) is 104 cm³/mol. The third-order valence-corrected chi connectivity index (χ3v) is 5.60. The maximum Gasteiger partial charge on any atom is 0.255 e. The van der Waals surface area contributed by atoms with Gasteiger partial charge in [0, 0.05) is 38.1 Å². The van der Waals surface area contributed by atoms with Crippen molar-refractivity contribution in [3.8, 4) is 0 Å². The Bertz CT molecular complexity index is 902. The van der Waals surface area contributed by atoms with Crippen molar-refractivity contribution < 1.29 is 14.4 Å². The minimum Gasteiger partial charge on any atom is -0.336 e. The quantitative estimate of drug-likeness (QED) is 0.795. The first-order valence-electron chi connectivity index (χ1n) is 9.33. The molecule has 1 aromatic carbocycles. The molecule has 1 aromatic heterocycles. The van der Waals surface area contributed by atoms with Crippen LogP contribution in [0.15, 0.2) is 54.9 Å². The molecule has 0 N–H and O–H groups in total. The minimum atomic E-state index is -0.576. The second-order valence-electron chi connectivity index (χ2n) is 7.36. The van der Waals surface area contributed by atoms with Gasteiger partial charge in [0.1, 0.15) is 6.54 Å². The van der Waals surface area contributed by atoms with E-state index >= 15 is 0 Å². The molecule has 0 radical (unpaired) electrons. The van der Waals surface area contributed by atoms with E-state index < -0.39 is 5.54 Å². The average molecular weight is 378 g/mol. The van der Waals surface area contributed by atoms with Crippen LogP contribution in [0.4, 0.5) is 5.69 Å². The van der Waals surface area contributed by atoms with E-state index in [4.69, 9.17) is 0 Å². The number of benzene rings is 1. The number of hydrogen-bond donors (Lipinski definition) is 0. The molecule has 2 saturated heterocycles. The van der Waals surface area contributed by atoms with Crippen molar-refractivity contribution in [2.75, 3.05) is 31.1 Å². The Balaban J connectivity index is 1.62. The Morgan fingerprint density at radius 1 is 1.07 bits per heavy atom. The zero-order chi connectivity index (χ0) is 19.7. The van der Waals surface area contributed by atoms with E-state index in [2.05, 4.69) is 4.98 Å². The van der Waals surface area contributed by atoms with Gasteiger partial charge in [-0.05, 0) is 30.7 Å². The van der Waals surface area contributed by atoms with Gasteiger partial charge in [-0.25, -0.2) is 0 Å². The van der Waals surface area contributed by atoms with E-state index in [0.29, 0.717) is 31.6 Å².